The Morgan fingerprint density at radius 2 is 2.11 bits per heavy atom. The molecule has 0 amide bonds. The van der Waals surface area contributed by atoms with E-state index in [-0.39, 0.29) is 12.3 Å². The summed E-state index contributed by atoms with van der Waals surface area (Å²) in [5, 5.41) is 6.55. The normalized spacial score (nSPS) is 11.4. The van der Waals surface area contributed by atoms with Crippen molar-refractivity contribution in [3.05, 3.63) is 52.7 Å². The summed E-state index contributed by atoms with van der Waals surface area (Å²) >= 11 is 5.96. The summed E-state index contributed by atoms with van der Waals surface area (Å²) in [4.78, 5) is 8.12. The minimum Gasteiger partial charge on any atom is -0.475 e. The molecule has 0 radical (unpaired) electrons. The molecule has 6 nitrogen and oxygen atoms in total. The van der Waals surface area contributed by atoms with Gasteiger partial charge >= 0.3 is 6.61 Å². The molecular formula is C18H21ClF2N4O2. The van der Waals surface area contributed by atoms with Gasteiger partial charge in [0.1, 0.15) is 17.4 Å². The lowest BCUT2D eigenvalue weighted by atomic mass is 10.1. The van der Waals surface area contributed by atoms with Crippen LogP contribution in [0.1, 0.15) is 11.1 Å². The molecule has 0 fully saturated rings. The van der Waals surface area contributed by atoms with Crippen molar-refractivity contribution in [2.24, 2.45) is 4.99 Å². The van der Waals surface area contributed by atoms with Crippen LogP contribution in [0.2, 0.25) is 5.02 Å². The summed E-state index contributed by atoms with van der Waals surface area (Å²) in [5.41, 5.74) is 1.55. The van der Waals surface area contributed by atoms with Crippen LogP contribution in [0, 0.1) is 6.92 Å². The van der Waals surface area contributed by atoms with Crippen LogP contribution < -0.4 is 20.1 Å². The number of guanidine groups is 1. The first-order valence-electron chi connectivity index (χ1n) is 8.21. The zero-order chi connectivity index (χ0) is 19.6. The molecule has 1 aromatic carbocycles. The number of aromatic nitrogens is 1. The van der Waals surface area contributed by atoms with Gasteiger partial charge in [-0.1, -0.05) is 29.3 Å². The number of rotatable bonds is 8. The molecule has 0 saturated heterocycles. The van der Waals surface area contributed by atoms with Crippen molar-refractivity contribution in [3.8, 4) is 11.6 Å². The van der Waals surface area contributed by atoms with E-state index >= 15 is 0 Å². The van der Waals surface area contributed by atoms with E-state index in [2.05, 4.69) is 25.3 Å². The number of ether oxygens (including phenoxy) is 2. The molecule has 2 N–H and O–H groups in total. The number of alkyl halides is 2. The largest absolute Gasteiger partial charge is 0.475 e. The van der Waals surface area contributed by atoms with Gasteiger partial charge in [-0.3, -0.25) is 4.99 Å². The summed E-state index contributed by atoms with van der Waals surface area (Å²) in [6.07, 6.45) is 1.59. The van der Waals surface area contributed by atoms with Gasteiger partial charge in [-0.05, 0) is 25.1 Å². The molecule has 0 aliphatic heterocycles. The van der Waals surface area contributed by atoms with E-state index < -0.39 is 6.61 Å². The Hall–Kier alpha value is -2.61. The predicted molar refractivity (Wildman–Crippen MR) is 101 cm³/mol. The molecule has 1 aromatic heterocycles. The van der Waals surface area contributed by atoms with Crippen LogP contribution in [0.5, 0.6) is 11.6 Å². The van der Waals surface area contributed by atoms with E-state index in [0.29, 0.717) is 35.6 Å². The molecule has 9 heteroatoms. The average Bonchev–Trinajstić information content (AvgIpc) is 2.64. The van der Waals surface area contributed by atoms with Crippen LogP contribution in [0.4, 0.5) is 8.78 Å². The highest BCUT2D eigenvalue weighted by atomic mass is 35.5. The van der Waals surface area contributed by atoms with Crippen molar-refractivity contribution >= 4 is 17.6 Å². The lowest BCUT2D eigenvalue weighted by Gasteiger charge is -2.15. The third-order valence-electron chi connectivity index (χ3n) is 3.46. The minimum atomic E-state index is -2.88. The Labute approximate surface area is 161 Å². The highest BCUT2D eigenvalue weighted by molar-refractivity contribution is 6.31. The molecule has 146 valence electrons. The molecule has 0 aliphatic carbocycles. The second-order valence-corrected chi connectivity index (χ2v) is 5.89. The van der Waals surface area contributed by atoms with Crippen molar-refractivity contribution in [3.63, 3.8) is 0 Å². The van der Waals surface area contributed by atoms with Crippen LogP contribution in [0.15, 0.2) is 41.5 Å². The highest BCUT2D eigenvalue weighted by Gasteiger charge is 2.10. The molecular weight excluding hydrogens is 378 g/mol. The predicted octanol–water partition coefficient (Wildman–Crippen LogP) is 3.39. The fourth-order valence-electron chi connectivity index (χ4n) is 2.25. The van der Waals surface area contributed by atoms with Gasteiger partial charge in [0.15, 0.2) is 5.96 Å². The van der Waals surface area contributed by atoms with Gasteiger partial charge < -0.3 is 20.1 Å². The first-order chi connectivity index (χ1) is 13.0. The maximum Gasteiger partial charge on any atom is 0.387 e. The summed E-state index contributed by atoms with van der Waals surface area (Å²) in [5.74, 6) is 0.986. The first kappa shape index (κ1) is 20.7. The number of nitrogens with zero attached hydrogens (tertiary/aromatic N) is 2. The molecule has 0 atom stereocenters. The molecule has 0 bridgehead atoms. The maximum atomic E-state index is 12.5. The summed E-state index contributed by atoms with van der Waals surface area (Å²) in [6, 6.07) is 8.44. The SMILES string of the molecule is CN=C(NCCOc1ncccc1Cl)NCc1cc(C)ccc1OC(F)F. The zero-order valence-corrected chi connectivity index (χ0v) is 15.8. The van der Waals surface area contributed by atoms with Gasteiger partial charge in [-0.25, -0.2) is 4.98 Å². The molecule has 0 aliphatic rings. The number of nitrogens with one attached hydrogen (secondary N) is 2. The van der Waals surface area contributed by atoms with Crippen LogP contribution in [0.3, 0.4) is 0 Å². The molecule has 2 aromatic rings. The molecule has 2 rings (SSSR count). The van der Waals surface area contributed by atoms with E-state index in [4.69, 9.17) is 16.3 Å². The number of halogens is 3. The smallest absolute Gasteiger partial charge is 0.387 e. The van der Waals surface area contributed by atoms with Crippen molar-refractivity contribution in [2.75, 3.05) is 20.2 Å². The molecule has 1 heterocycles. The van der Waals surface area contributed by atoms with Crippen molar-refractivity contribution in [2.45, 2.75) is 20.1 Å². The lowest BCUT2D eigenvalue weighted by molar-refractivity contribution is -0.0504. The quantitative estimate of drug-likeness (QED) is 0.405. The van der Waals surface area contributed by atoms with Crippen molar-refractivity contribution < 1.29 is 18.3 Å². The number of aryl methyl sites for hydroxylation is 1. The monoisotopic (exact) mass is 398 g/mol. The molecule has 0 saturated carbocycles. The molecule has 0 unspecified atom stereocenters. The van der Waals surface area contributed by atoms with Gasteiger partial charge in [0, 0.05) is 25.4 Å². The van der Waals surface area contributed by atoms with E-state index in [1.54, 1.807) is 37.5 Å². The van der Waals surface area contributed by atoms with E-state index in [9.17, 15) is 8.78 Å². The third kappa shape index (κ3) is 6.90. The second-order valence-electron chi connectivity index (χ2n) is 5.48. The zero-order valence-electron chi connectivity index (χ0n) is 15.0. The summed E-state index contributed by atoms with van der Waals surface area (Å²) in [7, 11) is 1.61. The number of pyridine rings is 1. The third-order valence-corrected chi connectivity index (χ3v) is 3.75. The standard InChI is InChI=1S/C18H21ClF2N4O2/c1-12-5-6-15(27-17(20)21)13(10-12)11-25-18(22-2)24-8-9-26-16-14(19)4-3-7-23-16/h3-7,10,17H,8-9,11H2,1-2H3,(H2,22,24,25). The van der Waals surface area contributed by atoms with Gasteiger partial charge in [0.2, 0.25) is 5.88 Å². The first-order valence-corrected chi connectivity index (χ1v) is 8.59. The Bertz CT molecular complexity index is 775. The van der Waals surface area contributed by atoms with Crippen LogP contribution in [0.25, 0.3) is 0 Å². The van der Waals surface area contributed by atoms with Crippen LogP contribution >= 0.6 is 11.6 Å². The topological polar surface area (TPSA) is 67.8 Å². The van der Waals surface area contributed by atoms with Gasteiger partial charge in [0.05, 0.1) is 6.54 Å². The van der Waals surface area contributed by atoms with Gasteiger partial charge in [0.25, 0.3) is 0 Å². The average molecular weight is 399 g/mol. The number of aliphatic imine (C=N–C) groups is 1. The molecule has 27 heavy (non-hydrogen) atoms. The lowest BCUT2D eigenvalue weighted by Crippen LogP contribution is -2.39. The number of hydrogen-bond acceptors (Lipinski definition) is 4. The fourth-order valence-corrected chi connectivity index (χ4v) is 2.43. The second kappa shape index (κ2) is 10.5. The Balaban J connectivity index is 1.83. The minimum absolute atomic E-state index is 0.131. The Morgan fingerprint density at radius 3 is 2.81 bits per heavy atom. The van der Waals surface area contributed by atoms with Crippen molar-refractivity contribution in [1.29, 1.82) is 0 Å². The van der Waals surface area contributed by atoms with E-state index in [1.165, 1.54) is 6.07 Å². The van der Waals surface area contributed by atoms with E-state index in [0.717, 1.165) is 5.56 Å². The maximum absolute atomic E-state index is 12.5. The number of benzene rings is 1. The van der Waals surface area contributed by atoms with Crippen LogP contribution in [-0.2, 0) is 6.54 Å². The van der Waals surface area contributed by atoms with Gasteiger partial charge in [-0.15, -0.1) is 0 Å². The highest BCUT2D eigenvalue weighted by Crippen LogP contribution is 2.22. The van der Waals surface area contributed by atoms with Crippen molar-refractivity contribution in [1.82, 2.24) is 15.6 Å². The Kier molecular flexibility index (Phi) is 8.06. The fraction of sp³-hybridized carbons (Fsp3) is 0.333. The van der Waals surface area contributed by atoms with Gasteiger partial charge in [-0.2, -0.15) is 8.78 Å². The Morgan fingerprint density at radius 1 is 1.30 bits per heavy atom. The summed E-state index contributed by atoms with van der Waals surface area (Å²) in [6.45, 7) is 0.0427. The van der Waals surface area contributed by atoms with Crippen LogP contribution in [-0.4, -0.2) is 37.8 Å². The number of hydrogen-bond donors (Lipinski definition) is 2. The van der Waals surface area contributed by atoms with E-state index in [1.807, 2.05) is 6.92 Å². The summed E-state index contributed by atoms with van der Waals surface area (Å²) < 4.78 is 35.1. The molecule has 0 spiro atoms.